The molecule has 0 aliphatic carbocycles. The summed E-state index contributed by atoms with van der Waals surface area (Å²) in [5.41, 5.74) is 1.62. The lowest BCUT2D eigenvalue weighted by molar-refractivity contribution is -0.123. The van der Waals surface area contributed by atoms with Gasteiger partial charge in [-0.05, 0) is 38.0 Å². The molecule has 2 rings (SSSR count). The topological polar surface area (TPSA) is 85.8 Å². The van der Waals surface area contributed by atoms with E-state index >= 15 is 0 Å². The van der Waals surface area contributed by atoms with Crippen LogP contribution in [0.15, 0.2) is 29.3 Å². The maximum Gasteiger partial charge on any atom is 0.254 e. The van der Waals surface area contributed by atoms with Gasteiger partial charge in [0, 0.05) is 31.2 Å². The van der Waals surface area contributed by atoms with Crippen molar-refractivity contribution in [3.8, 4) is 0 Å². The van der Waals surface area contributed by atoms with Gasteiger partial charge in [-0.3, -0.25) is 9.59 Å². The van der Waals surface area contributed by atoms with Crippen LogP contribution in [-0.2, 0) is 11.3 Å². The molecule has 0 aromatic heterocycles. The zero-order valence-corrected chi connectivity index (χ0v) is 15.8. The second-order valence-corrected chi connectivity index (χ2v) is 6.42. The highest BCUT2D eigenvalue weighted by molar-refractivity contribution is 5.97. The fourth-order valence-corrected chi connectivity index (χ4v) is 2.57. The minimum absolute atomic E-state index is 0.110. The SMILES string of the molecule is CCNC(=NCc1ccc(C(=O)N2CCNC(=O)C2)cc1)NC(C)CC. The maximum absolute atomic E-state index is 12.5. The molecule has 3 N–H and O–H groups in total. The third-order valence-corrected chi connectivity index (χ3v) is 4.29. The minimum atomic E-state index is -0.111. The molecule has 1 saturated heterocycles. The van der Waals surface area contributed by atoms with Gasteiger partial charge >= 0.3 is 0 Å². The number of rotatable bonds is 6. The number of hydrogen-bond acceptors (Lipinski definition) is 3. The van der Waals surface area contributed by atoms with Crippen LogP contribution in [0, 0.1) is 0 Å². The van der Waals surface area contributed by atoms with E-state index < -0.39 is 0 Å². The van der Waals surface area contributed by atoms with E-state index in [0.29, 0.717) is 31.2 Å². The van der Waals surface area contributed by atoms with Crippen molar-refractivity contribution in [3.63, 3.8) is 0 Å². The molecule has 7 heteroatoms. The maximum atomic E-state index is 12.5. The van der Waals surface area contributed by atoms with Crippen LogP contribution >= 0.6 is 0 Å². The first-order chi connectivity index (χ1) is 12.5. The predicted molar refractivity (Wildman–Crippen MR) is 103 cm³/mol. The lowest BCUT2D eigenvalue weighted by Gasteiger charge is -2.26. The second-order valence-electron chi connectivity index (χ2n) is 6.42. The first-order valence-corrected chi connectivity index (χ1v) is 9.23. The van der Waals surface area contributed by atoms with Gasteiger partial charge in [0.25, 0.3) is 5.91 Å². The highest BCUT2D eigenvalue weighted by atomic mass is 16.2. The average Bonchev–Trinajstić information content (AvgIpc) is 2.66. The Labute approximate surface area is 155 Å². The van der Waals surface area contributed by atoms with Crippen molar-refractivity contribution in [1.29, 1.82) is 0 Å². The van der Waals surface area contributed by atoms with Crippen LogP contribution in [0.1, 0.15) is 43.1 Å². The molecular weight excluding hydrogens is 330 g/mol. The molecule has 2 amide bonds. The van der Waals surface area contributed by atoms with Crippen LogP contribution in [0.2, 0.25) is 0 Å². The molecule has 1 aromatic rings. The summed E-state index contributed by atoms with van der Waals surface area (Å²) in [7, 11) is 0. The van der Waals surface area contributed by atoms with Gasteiger partial charge in [0.2, 0.25) is 5.91 Å². The minimum Gasteiger partial charge on any atom is -0.357 e. The summed E-state index contributed by atoms with van der Waals surface area (Å²) in [5, 5.41) is 9.31. The summed E-state index contributed by atoms with van der Waals surface area (Å²) in [6.45, 7) is 8.80. The molecule has 1 unspecified atom stereocenters. The quantitative estimate of drug-likeness (QED) is 0.525. The van der Waals surface area contributed by atoms with E-state index in [4.69, 9.17) is 0 Å². The summed E-state index contributed by atoms with van der Waals surface area (Å²) < 4.78 is 0. The molecule has 0 radical (unpaired) electrons. The van der Waals surface area contributed by atoms with Crippen LogP contribution < -0.4 is 16.0 Å². The zero-order valence-electron chi connectivity index (χ0n) is 15.8. The fourth-order valence-electron chi connectivity index (χ4n) is 2.57. The zero-order chi connectivity index (χ0) is 18.9. The normalized spacial score (nSPS) is 16.0. The Morgan fingerprint density at radius 1 is 1.31 bits per heavy atom. The summed E-state index contributed by atoms with van der Waals surface area (Å²) in [6, 6.07) is 7.78. The fraction of sp³-hybridized carbons (Fsp3) is 0.526. The largest absolute Gasteiger partial charge is 0.357 e. The Hall–Kier alpha value is -2.57. The van der Waals surface area contributed by atoms with E-state index in [-0.39, 0.29) is 18.4 Å². The Bertz CT molecular complexity index is 642. The number of carbonyl (C=O) groups excluding carboxylic acids is 2. The first kappa shape index (κ1) is 19.8. The Balaban J connectivity index is 1.98. The summed E-state index contributed by atoms with van der Waals surface area (Å²) in [6.07, 6.45) is 1.02. The van der Waals surface area contributed by atoms with Crippen molar-refractivity contribution in [1.82, 2.24) is 20.9 Å². The van der Waals surface area contributed by atoms with E-state index in [1.54, 1.807) is 17.0 Å². The molecule has 1 aliphatic heterocycles. The second kappa shape index (κ2) is 9.79. The van der Waals surface area contributed by atoms with Crippen molar-refractivity contribution in [3.05, 3.63) is 35.4 Å². The van der Waals surface area contributed by atoms with Gasteiger partial charge < -0.3 is 20.9 Å². The van der Waals surface area contributed by atoms with Gasteiger partial charge in [-0.25, -0.2) is 4.99 Å². The van der Waals surface area contributed by atoms with E-state index in [1.165, 1.54) is 0 Å². The van der Waals surface area contributed by atoms with Crippen LogP contribution in [0.5, 0.6) is 0 Å². The van der Waals surface area contributed by atoms with Crippen molar-refractivity contribution in [2.45, 2.75) is 39.8 Å². The lowest BCUT2D eigenvalue weighted by atomic mass is 10.1. The van der Waals surface area contributed by atoms with Gasteiger partial charge in [0.05, 0.1) is 13.1 Å². The standard InChI is InChI=1S/C19H29N5O2/c1-4-14(3)23-19(20-5-2)22-12-15-6-8-16(9-7-15)18(26)24-11-10-21-17(25)13-24/h6-9,14H,4-5,10-13H2,1-3H3,(H,21,25)(H2,20,22,23). The highest BCUT2D eigenvalue weighted by Gasteiger charge is 2.22. The molecule has 26 heavy (non-hydrogen) atoms. The van der Waals surface area contributed by atoms with E-state index in [2.05, 4.69) is 34.8 Å². The number of guanidine groups is 1. The summed E-state index contributed by atoms with van der Waals surface area (Å²) >= 11 is 0. The monoisotopic (exact) mass is 359 g/mol. The van der Waals surface area contributed by atoms with Crippen LogP contribution in [0.3, 0.4) is 0 Å². The number of aliphatic imine (C=N–C) groups is 1. The molecule has 0 bridgehead atoms. The molecule has 1 fully saturated rings. The number of amides is 2. The molecule has 0 spiro atoms. The molecule has 1 heterocycles. The molecule has 1 atom stereocenters. The van der Waals surface area contributed by atoms with Crippen molar-refractivity contribution < 1.29 is 9.59 Å². The Morgan fingerprint density at radius 2 is 2.04 bits per heavy atom. The van der Waals surface area contributed by atoms with Crippen LogP contribution in [0.4, 0.5) is 0 Å². The van der Waals surface area contributed by atoms with Crippen LogP contribution in [-0.4, -0.2) is 54.9 Å². The molecule has 1 aromatic carbocycles. The van der Waals surface area contributed by atoms with Gasteiger partial charge in [-0.1, -0.05) is 19.1 Å². The van der Waals surface area contributed by atoms with Gasteiger partial charge in [0.15, 0.2) is 5.96 Å². The number of nitrogens with one attached hydrogen (secondary N) is 3. The number of hydrogen-bond donors (Lipinski definition) is 3. The Morgan fingerprint density at radius 3 is 2.65 bits per heavy atom. The van der Waals surface area contributed by atoms with Gasteiger partial charge in [-0.2, -0.15) is 0 Å². The molecule has 0 saturated carbocycles. The number of piperazine rings is 1. The number of carbonyl (C=O) groups is 2. The number of benzene rings is 1. The van der Waals surface area contributed by atoms with Crippen molar-refractivity contribution >= 4 is 17.8 Å². The summed E-state index contributed by atoms with van der Waals surface area (Å²) in [4.78, 5) is 30.1. The van der Waals surface area contributed by atoms with E-state index in [9.17, 15) is 9.59 Å². The molecule has 7 nitrogen and oxygen atoms in total. The summed E-state index contributed by atoms with van der Waals surface area (Å²) in [5.74, 6) is 0.573. The predicted octanol–water partition coefficient (Wildman–Crippen LogP) is 1.11. The first-order valence-electron chi connectivity index (χ1n) is 9.23. The third-order valence-electron chi connectivity index (χ3n) is 4.29. The molecular formula is C19H29N5O2. The average molecular weight is 359 g/mol. The number of nitrogens with zero attached hydrogens (tertiary/aromatic N) is 2. The van der Waals surface area contributed by atoms with E-state index in [0.717, 1.165) is 24.5 Å². The van der Waals surface area contributed by atoms with Crippen LogP contribution in [0.25, 0.3) is 0 Å². The Kier molecular flexibility index (Phi) is 7.44. The molecule has 1 aliphatic rings. The molecule has 142 valence electrons. The third kappa shape index (κ3) is 5.75. The van der Waals surface area contributed by atoms with E-state index in [1.807, 2.05) is 19.1 Å². The van der Waals surface area contributed by atoms with Crippen molar-refractivity contribution in [2.75, 3.05) is 26.2 Å². The van der Waals surface area contributed by atoms with Gasteiger partial charge in [-0.15, -0.1) is 0 Å². The lowest BCUT2D eigenvalue weighted by Crippen LogP contribution is -2.49. The highest BCUT2D eigenvalue weighted by Crippen LogP contribution is 2.10. The van der Waals surface area contributed by atoms with Gasteiger partial charge in [0.1, 0.15) is 0 Å². The smallest absolute Gasteiger partial charge is 0.254 e. The van der Waals surface area contributed by atoms with Crippen molar-refractivity contribution in [2.24, 2.45) is 4.99 Å².